The molecule has 0 spiro atoms. The van der Waals surface area contributed by atoms with Crippen molar-refractivity contribution in [3.05, 3.63) is 40.1 Å². The average Bonchev–Trinajstić information content (AvgIpc) is 2.98. The summed E-state index contributed by atoms with van der Waals surface area (Å²) in [5.41, 5.74) is 0.821. The first kappa shape index (κ1) is 14.6. The van der Waals surface area contributed by atoms with Crippen LogP contribution in [-0.2, 0) is 0 Å². The van der Waals surface area contributed by atoms with Gasteiger partial charge in [-0.15, -0.1) is 0 Å². The van der Waals surface area contributed by atoms with Crippen molar-refractivity contribution >= 4 is 22.5 Å². The molecule has 0 saturated heterocycles. The van der Waals surface area contributed by atoms with Crippen LogP contribution in [0, 0.1) is 10.1 Å². The molecule has 116 valence electrons. The van der Waals surface area contributed by atoms with Gasteiger partial charge >= 0.3 is 0 Å². The lowest BCUT2D eigenvalue weighted by Gasteiger charge is -2.30. The molecule has 1 heterocycles. The Balaban J connectivity index is 1.91. The van der Waals surface area contributed by atoms with Gasteiger partial charge < -0.3 is 9.88 Å². The number of aromatic nitrogens is 1. The maximum atomic E-state index is 12.6. The van der Waals surface area contributed by atoms with E-state index in [1.807, 2.05) is 7.05 Å². The maximum Gasteiger partial charge on any atom is 0.293 e. The van der Waals surface area contributed by atoms with E-state index >= 15 is 0 Å². The Bertz CT molecular complexity index is 716. The van der Waals surface area contributed by atoms with Crippen LogP contribution in [0.4, 0.5) is 5.69 Å². The fourth-order valence-corrected chi connectivity index (χ4v) is 3.23. The van der Waals surface area contributed by atoms with E-state index < -0.39 is 4.92 Å². The molecule has 1 saturated carbocycles. The monoisotopic (exact) mass is 301 g/mol. The summed E-state index contributed by atoms with van der Waals surface area (Å²) in [5, 5.41) is 11.8. The Morgan fingerprint density at radius 2 is 2.05 bits per heavy atom. The lowest BCUT2D eigenvalue weighted by Crippen LogP contribution is -2.38. The molecule has 1 fully saturated rings. The van der Waals surface area contributed by atoms with Crippen molar-refractivity contribution in [2.45, 2.75) is 38.1 Å². The summed E-state index contributed by atoms with van der Waals surface area (Å²) in [6.45, 7) is 0. The van der Waals surface area contributed by atoms with Crippen LogP contribution in [0.2, 0.25) is 0 Å². The lowest BCUT2D eigenvalue weighted by atomic mass is 9.94. The van der Waals surface area contributed by atoms with E-state index in [1.165, 1.54) is 12.5 Å². The molecule has 6 nitrogen and oxygen atoms in total. The second-order valence-corrected chi connectivity index (χ2v) is 5.89. The van der Waals surface area contributed by atoms with Crippen molar-refractivity contribution in [2.24, 2.45) is 0 Å². The van der Waals surface area contributed by atoms with E-state index in [0.717, 1.165) is 25.7 Å². The SMILES string of the molecule is CN(C(=O)c1cc2cccc([N+](=O)[O-])c2[nH]1)C1CCCCC1. The number of benzene rings is 1. The maximum absolute atomic E-state index is 12.6. The third kappa shape index (κ3) is 2.56. The van der Waals surface area contributed by atoms with Gasteiger partial charge in [0.25, 0.3) is 11.6 Å². The van der Waals surface area contributed by atoms with E-state index in [1.54, 1.807) is 23.1 Å². The number of nitrogens with one attached hydrogen (secondary N) is 1. The lowest BCUT2D eigenvalue weighted by molar-refractivity contribution is -0.383. The standard InChI is InChI=1S/C16H19N3O3/c1-18(12-7-3-2-4-8-12)16(20)13-10-11-6-5-9-14(19(21)22)15(11)17-13/h5-6,9-10,12,17H,2-4,7-8H2,1H3. The Kier molecular flexibility index (Phi) is 3.83. The molecule has 1 aliphatic carbocycles. The number of rotatable bonds is 3. The Morgan fingerprint density at radius 1 is 1.32 bits per heavy atom. The Labute approximate surface area is 128 Å². The van der Waals surface area contributed by atoms with E-state index in [9.17, 15) is 14.9 Å². The molecule has 1 amide bonds. The van der Waals surface area contributed by atoms with Crippen molar-refractivity contribution < 1.29 is 9.72 Å². The van der Waals surface area contributed by atoms with Gasteiger partial charge in [0, 0.05) is 24.5 Å². The first-order valence-electron chi connectivity index (χ1n) is 7.61. The molecular weight excluding hydrogens is 282 g/mol. The number of H-pyrrole nitrogens is 1. The fraction of sp³-hybridized carbons (Fsp3) is 0.438. The quantitative estimate of drug-likeness (QED) is 0.696. The van der Waals surface area contributed by atoms with Gasteiger partial charge in [0.1, 0.15) is 11.2 Å². The number of para-hydroxylation sites is 1. The minimum Gasteiger partial charge on any atom is -0.345 e. The molecule has 0 radical (unpaired) electrons. The predicted octanol–water partition coefficient (Wildman–Crippen LogP) is 3.48. The number of hydrogen-bond donors (Lipinski definition) is 1. The number of hydrogen-bond acceptors (Lipinski definition) is 3. The van der Waals surface area contributed by atoms with E-state index in [0.29, 0.717) is 16.6 Å². The molecule has 1 aliphatic rings. The van der Waals surface area contributed by atoms with E-state index in [2.05, 4.69) is 4.98 Å². The van der Waals surface area contributed by atoms with Crippen LogP contribution >= 0.6 is 0 Å². The summed E-state index contributed by atoms with van der Waals surface area (Å²) in [6, 6.07) is 6.81. The smallest absolute Gasteiger partial charge is 0.293 e. The van der Waals surface area contributed by atoms with Gasteiger partial charge in [0.15, 0.2) is 0 Å². The van der Waals surface area contributed by atoms with Gasteiger partial charge in [-0.2, -0.15) is 0 Å². The van der Waals surface area contributed by atoms with Crippen molar-refractivity contribution in [3.63, 3.8) is 0 Å². The average molecular weight is 301 g/mol. The van der Waals surface area contributed by atoms with Crippen LogP contribution in [0.1, 0.15) is 42.6 Å². The second-order valence-electron chi connectivity index (χ2n) is 5.89. The van der Waals surface area contributed by atoms with Crippen LogP contribution in [0.5, 0.6) is 0 Å². The number of nitro groups is 1. The van der Waals surface area contributed by atoms with Crippen LogP contribution < -0.4 is 0 Å². The number of amides is 1. The summed E-state index contributed by atoms with van der Waals surface area (Å²) < 4.78 is 0. The molecule has 2 aromatic rings. The van der Waals surface area contributed by atoms with Gasteiger partial charge in [-0.25, -0.2) is 0 Å². The van der Waals surface area contributed by atoms with Crippen LogP contribution in [0.15, 0.2) is 24.3 Å². The number of nitro benzene ring substituents is 1. The largest absolute Gasteiger partial charge is 0.345 e. The highest BCUT2D eigenvalue weighted by atomic mass is 16.6. The number of non-ortho nitro benzene ring substituents is 1. The zero-order chi connectivity index (χ0) is 15.7. The minimum absolute atomic E-state index is 0.00290. The van der Waals surface area contributed by atoms with Gasteiger partial charge in [0.05, 0.1) is 4.92 Å². The molecule has 0 unspecified atom stereocenters. The number of nitrogens with zero attached hydrogens (tertiary/aromatic N) is 2. The number of fused-ring (bicyclic) bond motifs is 1. The molecule has 6 heteroatoms. The molecule has 3 rings (SSSR count). The van der Waals surface area contributed by atoms with Crippen molar-refractivity contribution in [3.8, 4) is 0 Å². The zero-order valence-electron chi connectivity index (χ0n) is 12.5. The van der Waals surface area contributed by atoms with Crippen molar-refractivity contribution in [2.75, 3.05) is 7.05 Å². The van der Waals surface area contributed by atoms with Gasteiger partial charge in [-0.1, -0.05) is 31.4 Å². The first-order chi connectivity index (χ1) is 10.6. The summed E-state index contributed by atoms with van der Waals surface area (Å²) in [6.07, 6.45) is 5.60. The number of carbonyl (C=O) groups is 1. The third-order valence-corrected chi connectivity index (χ3v) is 4.50. The van der Waals surface area contributed by atoms with Crippen LogP contribution in [0.25, 0.3) is 10.9 Å². The summed E-state index contributed by atoms with van der Waals surface area (Å²) in [4.78, 5) is 28.0. The highest BCUT2D eigenvalue weighted by Gasteiger charge is 2.25. The highest BCUT2D eigenvalue weighted by molar-refractivity contribution is 6.00. The number of carbonyl (C=O) groups excluding carboxylic acids is 1. The molecule has 0 aliphatic heterocycles. The molecular formula is C16H19N3O3. The second kappa shape index (κ2) is 5.79. The van der Waals surface area contributed by atoms with Gasteiger partial charge in [-0.05, 0) is 18.9 Å². The molecule has 0 atom stereocenters. The van der Waals surface area contributed by atoms with E-state index in [-0.39, 0.29) is 17.6 Å². The molecule has 1 N–H and O–H groups in total. The Hall–Kier alpha value is -2.37. The predicted molar refractivity (Wildman–Crippen MR) is 83.9 cm³/mol. The normalized spacial score (nSPS) is 15.9. The summed E-state index contributed by atoms with van der Waals surface area (Å²) >= 11 is 0. The van der Waals surface area contributed by atoms with Crippen molar-refractivity contribution in [1.29, 1.82) is 0 Å². The van der Waals surface area contributed by atoms with Gasteiger partial charge in [-0.3, -0.25) is 14.9 Å². The topological polar surface area (TPSA) is 79.2 Å². The highest BCUT2D eigenvalue weighted by Crippen LogP contribution is 2.27. The summed E-state index contributed by atoms with van der Waals surface area (Å²) in [7, 11) is 1.82. The minimum atomic E-state index is -0.433. The molecule has 1 aromatic heterocycles. The van der Waals surface area contributed by atoms with Crippen LogP contribution in [0.3, 0.4) is 0 Å². The molecule has 0 bridgehead atoms. The van der Waals surface area contributed by atoms with Crippen molar-refractivity contribution in [1.82, 2.24) is 9.88 Å². The van der Waals surface area contributed by atoms with Gasteiger partial charge in [0.2, 0.25) is 0 Å². The third-order valence-electron chi connectivity index (χ3n) is 4.50. The Morgan fingerprint density at radius 3 is 2.73 bits per heavy atom. The first-order valence-corrected chi connectivity index (χ1v) is 7.61. The fourth-order valence-electron chi connectivity index (χ4n) is 3.23. The molecule has 22 heavy (non-hydrogen) atoms. The summed E-state index contributed by atoms with van der Waals surface area (Å²) in [5.74, 6) is -0.0996. The van der Waals surface area contributed by atoms with E-state index in [4.69, 9.17) is 0 Å². The number of aromatic amines is 1. The van der Waals surface area contributed by atoms with Crippen LogP contribution in [-0.4, -0.2) is 33.8 Å². The molecule has 1 aromatic carbocycles. The zero-order valence-corrected chi connectivity index (χ0v) is 12.5.